The summed E-state index contributed by atoms with van der Waals surface area (Å²) < 4.78 is 12.9. The number of nitrogens with zero attached hydrogens (tertiary/aromatic N) is 6. The molecule has 9 nitrogen and oxygen atoms in total. The molecule has 5 aromatic rings. The fraction of sp³-hybridized carbons (Fsp3) is 0.167. The van der Waals surface area contributed by atoms with Crippen molar-refractivity contribution in [2.45, 2.75) is 0 Å². The van der Waals surface area contributed by atoms with E-state index in [1.165, 1.54) is 0 Å². The highest BCUT2D eigenvalue weighted by molar-refractivity contribution is 5.97. The zero-order chi connectivity index (χ0) is 22.0. The van der Waals surface area contributed by atoms with Gasteiger partial charge in [-0.1, -0.05) is 18.2 Å². The second-order valence-corrected chi connectivity index (χ2v) is 7.70. The molecule has 0 unspecified atom stereocenters. The maximum atomic E-state index is 5.58. The van der Waals surface area contributed by atoms with Crippen molar-refractivity contribution in [3.05, 3.63) is 72.9 Å². The van der Waals surface area contributed by atoms with Gasteiger partial charge in [0.15, 0.2) is 11.5 Å². The van der Waals surface area contributed by atoms with Crippen molar-refractivity contribution >= 4 is 34.3 Å². The summed E-state index contributed by atoms with van der Waals surface area (Å²) in [7, 11) is 0. The van der Waals surface area contributed by atoms with Gasteiger partial charge in [0, 0.05) is 48.1 Å². The lowest BCUT2D eigenvalue weighted by atomic mass is 10.2. The predicted octanol–water partition coefficient (Wildman–Crippen LogP) is 3.82. The largest absolute Gasteiger partial charge is 0.464 e. The molecule has 5 heterocycles. The van der Waals surface area contributed by atoms with Gasteiger partial charge in [-0.25, -0.2) is 9.50 Å². The summed E-state index contributed by atoms with van der Waals surface area (Å²) in [5, 5.41) is 10.1. The third-order valence-corrected chi connectivity index (χ3v) is 5.63. The summed E-state index contributed by atoms with van der Waals surface area (Å²) in [6.45, 7) is 2.95. The van der Waals surface area contributed by atoms with E-state index in [0.717, 1.165) is 52.2 Å². The first-order valence-electron chi connectivity index (χ1n) is 10.7. The number of hydrazone groups is 1. The Morgan fingerprint density at radius 3 is 2.79 bits per heavy atom. The number of aromatic nitrogens is 4. The van der Waals surface area contributed by atoms with Crippen LogP contribution >= 0.6 is 0 Å². The van der Waals surface area contributed by atoms with Gasteiger partial charge in [0.25, 0.3) is 0 Å². The van der Waals surface area contributed by atoms with Gasteiger partial charge in [-0.15, -0.1) is 5.10 Å². The van der Waals surface area contributed by atoms with Crippen molar-refractivity contribution in [3.63, 3.8) is 0 Å². The van der Waals surface area contributed by atoms with Crippen LogP contribution in [0, 0.1) is 0 Å². The molecule has 0 aliphatic carbocycles. The second kappa shape index (κ2) is 8.36. The van der Waals surface area contributed by atoms with Crippen LogP contribution in [0.4, 0.5) is 11.5 Å². The van der Waals surface area contributed by atoms with Gasteiger partial charge < -0.3 is 14.1 Å². The maximum Gasteiger partial charge on any atom is 0.177 e. The lowest BCUT2D eigenvalue weighted by Crippen LogP contribution is -2.36. The van der Waals surface area contributed by atoms with Gasteiger partial charge in [0.2, 0.25) is 0 Å². The Morgan fingerprint density at radius 1 is 1.06 bits per heavy atom. The molecule has 164 valence electrons. The van der Waals surface area contributed by atoms with Gasteiger partial charge in [-0.2, -0.15) is 5.10 Å². The van der Waals surface area contributed by atoms with Crippen LogP contribution in [-0.4, -0.2) is 52.1 Å². The minimum atomic E-state index is 0.617. The molecule has 4 aromatic heterocycles. The molecule has 1 N–H and O–H groups in total. The molecular formula is C24H21N7O2. The second-order valence-electron chi connectivity index (χ2n) is 7.70. The third kappa shape index (κ3) is 3.79. The number of pyridine rings is 1. The molecule has 1 aliphatic rings. The Hall–Kier alpha value is -4.24. The average molecular weight is 439 g/mol. The van der Waals surface area contributed by atoms with Gasteiger partial charge in [0.05, 0.1) is 37.0 Å². The van der Waals surface area contributed by atoms with Crippen molar-refractivity contribution in [2.24, 2.45) is 5.10 Å². The van der Waals surface area contributed by atoms with E-state index in [0.29, 0.717) is 19.0 Å². The first-order valence-corrected chi connectivity index (χ1v) is 10.7. The number of ether oxygens (including phenoxy) is 1. The molecule has 0 spiro atoms. The fourth-order valence-electron chi connectivity index (χ4n) is 3.98. The summed E-state index contributed by atoms with van der Waals surface area (Å²) in [5.41, 5.74) is 8.40. The molecule has 0 saturated carbocycles. The van der Waals surface area contributed by atoms with Crippen molar-refractivity contribution < 1.29 is 9.15 Å². The molecule has 1 aliphatic heterocycles. The summed E-state index contributed by atoms with van der Waals surface area (Å²) in [5.74, 6) is 0.617. The van der Waals surface area contributed by atoms with Crippen LogP contribution in [0.1, 0.15) is 5.56 Å². The zero-order valence-corrected chi connectivity index (χ0v) is 17.8. The van der Waals surface area contributed by atoms with Crippen LogP contribution in [-0.2, 0) is 4.74 Å². The van der Waals surface area contributed by atoms with Crippen molar-refractivity contribution in [2.75, 3.05) is 36.6 Å². The Kier molecular flexibility index (Phi) is 4.93. The lowest BCUT2D eigenvalue weighted by Gasteiger charge is -2.29. The van der Waals surface area contributed by atoms with E-state index in [1.807, 2.05) is 48.7 Å². The fourth-order valence-corrected chi connectivity index (χ4v) is 3.98. The first-order chi connectivity index (χ1) is 16.3. The number of benzene rings is 1. The normalized spacial score (nSPS) is 14.5. The number of morpholine rings is 1. The monoisotopic (exact) mass is 439 g/mol. The molecule has 0 radical (unpaired) electrons. The predicted molar refractivity (Wildman–Crippen MR) is 127 cm³/mol. The number of fused-ring (bicyclic) bond motifs is 2. The van der Waals surface area contributed by atoms with Crippen LogP contribution in [0.2, 0.25) is 0 Å². The van der Waals surface area contributed by atoms with E-state index >= 15 is 0 Å². The molecule has 1 aromatic carbocycles. The number of nitrogens with one attached hydrogen (secondary N) is 1. The Bertz CT molecular complexity index is 1440. The molecule has 0 bridgehead atoms. The number of rotatable bonds is 5. The van der Waals surface area contributed by atoms with E-state index in [-0.39, 0.29) is 0 Å². The minimum absolute atomic E-state index is 0.617. The van der Waals surface area contributed by atoms with Crippen LogP contribution in [0.25, 0.3) is 27.9 Å². The van der Waals surface area contributed by atoms with Gasteiger partial charge in [-0.3, -0.25) is 10.4 Å². The molecule has 9 heteroatoms. The number of hydrogen-bond acceptors (Lipinski definition) is 8. The number of imidazole rings is 1. The average Bonchev–Trinajstić information content (AvgIpc) is 3.49. The highest BCUT2D eigenvalue weighted by Crippen LogP contribution is 2.28. The minimum Gasteiger partial charge on any atom is -0.464 e. The lowest BCUT2D eigenvalue weighted by molar-refractivity contribution is 0.123. The van der Waals surface area contributed by atoms with E-state index < -0.39 is 0 Å². The molecule has 33 heavy (non-hydrogen) atoms. The number of furan rings is 1. The van der Waals surface area contributed by atoms with Gasteiger partial charge in [-0.05, 0) is 18.2 Å². The highest BCUT2D eigenvalue weighted by Gasteiger charge is 2.18. The SMILES string of the molecule is C(=NNc1cc(N2CCOCC2)c2nc(-c3ccncc3)cn2n1)c1coc2ccccc12. The number of hydrogen-bond donors (Lipinski definition) is 1. The van der Waals surface area contributed by atoms with Gasteiger partial charge >= 0.3 is 0 Å². The molecule has 1 fully saturated rings. The topological polar surface area (TPSA) is 93.1 Å². The molecule has 0 amide bonds. The van der Waals surface area contributed by atoms with Crippen molar-refractivity contribution in [3.8, 4) is 11.3 Å². The summed E-state index contributed by atoms with van der Waals surface area (Å²) >= 11 is 0. The Labute approximate surface area is 189 Å². The molecule has 6 rings (SSSR count). The van der Waals surface area contributed by atoms with E-state index in [9.17, 15) is 0 Å². The van der Waals surface area contributed by atoms with E-state index in [1.54, 1.807) is 29.4 Å². The number of anilines is 2. The smallest absolute Gasteiger partial charge is 0.177 e. The zero-order valence-electron chi connectivity index (χ0n) is 17.8. The van der Waals surface area contributed by atoms with Crippen LogP contribution < -0.4 is 10.3 Å². The first kappa shape index (κ1) is 19.4. The van der Waals surface area contributed by atoms with Crippen LogP contribution in [0.3, 0.4) is 0 Å². The summed E-state index contributed by atoms with van der Waals surface area (Å²) in [6.07, 6.45) is 8.88. The van der Waals surface area contributed by atoms with Gasteiger partial charge in [0.1, 0.15) is 11.8 Å². The molecular weight excluding hydrogens is 418 g/mol. The van der Waals surface area contributed by atoms with Crippen LogP contribution in [0.15, 0.2) is 76.8 Å². The summed E-state index contributed by atoms with van der Waals surface area (Å²) in [6, 6.07) is 13.7. The van der Waals surface area contributed by atoms with Crippen molar-refractivity contribution in [1.29, 1.82) is 0 Å². The van der Waals surface area contributed by atoms with Crippen LogP contribution in [0.5, 0.6) is 0 Å². The number of para-hydroxylation sites is 1. The third-order valence-electron chi connectivity index (χ3n) is 5.63. The molecule has 1 saturated heterocycles. The Balaban J connectivity index is 1.36. The summed E-state index contributed by atoms with van der Waals surface area (Å²) in [4.78, 5) is 11.2. The quantitative estimate of drug-likeness (QED) is 0.329. The maximum absolute atomic E-state index is 5.58. The van der Waals surface area contributed by atoms with E-state index in [2.05, 4.69) is 20.4 Å². The Morgan fingerprint density at radius 2 is 1.91 bits per heavy atom. The van der Waals surface area contributed by atoms with E-state index in [4.69, 9.17) is 19.2 Å². The van der Waals surface area contributed by atoms with Crippen molar-refractivity contribution in [1.82, 2.24) is 19.6 Å². The highest BCUT2D eigenvalue weighted by atomic mass is 16.5. The molecule has 0 atom stereocenters. The standard InChI is InChI=1S/C24H21N7O2/c1-2-4-22-19(3-1)18(16-33-22)14-26-28-23-13-21(30-9-11-32-12-10-30)24-27-20(15-31(24)29-23)17-5-7-25-8-6-17/h1-8,13-16H,9-12H2,(H,28,29).